The molecule has 0 aliphatic heterocycles. The van der Waals surface area contributed by atoms with E-state index in [1.165, 1.54) is 0 Å². The summed E-state index contributed by atoms with van der Waals surface area (Å²) in [6.45, 7) is -0.185. The second kappa shape index (κ2) is 9.75. The molecule has 130 valence electrons. The van der Waals surface area contributed by atoms with E-state index in [0.717, 1.165) is 10.0 Å². The monoisotopic (exact) mass is 421 g/mol. The first-order valence-corrected chi connectivity index (χ1v) is 8.54. The first-order chi connectivity index (χ1) is 12.0. The molecule has 2 rings (SSSR count). The van der Waals surface area contributed by atoms with Gasteiger partial charge in [0, 0.05) is 4.47 Å². The molecule has 0 saturated carbocycles. The van der Waals surface area contributed by atoms with Crippen LogP contribution in [0.2, 0.25) is 0 Å². The van der Waals surface area contributed by atoms with E-state index in [0.29, 0.717) is 5.75 Å². The van der Waals surface area contributed by atoms with E-state index in [1.54, 1.807) is 12.1 Å². The molecule has 0 atom stereocenters. The zero-order valence-corrected chi connectivity index (χ0v) is 15.5. The number of halogens is 1. The van der Waals surface area contributed by atoms with Crippen LogP contribution in [0.4, 0.5) is 0 Å². The van der Waals surface area contributed by atoms with E-state index in [1.807, 2.05) is 42.5 Å². The van der Waals surface area contributed by atoms with Gasteiger partial charge in [-0.25, -0.2) is 0 Å². The van der Waals surface area contributed by atoms with Crippen LogP contribution in [-0.2, 0) is 16.0 Å². The largest absolute Gasteiger partial charge is 0.484 e. The summed E-state index contributed by atoms with van der Waals surface area (Å²) < 4.78 is 6.23. The number of hydrogen-bond donors (Lipinski definition) is 3. The summed E-state index contributed by atoms with van der Waals surface area (Å²) in [5.74, 6) is -0.135. The number of carbonyl (C=O) groups is 2. The molecular weight excluding hydrogens is 406 g/mol. The van der Waals surface area contributed by atoms with Crippen LogP contribution < -0.4 is 20.9 Å². The number of hydrogen-bond acceptors (Lipinski definition) is 4. The topological polar surface area (TPSA) is 79.5 Å². The molecule has 0 radical (unpaired) electrons. The lowest BCUT2D eigenvalue weighted by atomic mass is 10.1. The maximum atomic E-state index is 11.8. The summed E-state index contributed by atoms with van der Waals surface area (Å²) in [5, 5.41) is 2.50. The quantitative estimate of drug-likeness (QED) is 0.508. The third kappa shape index (κ3) is 7.32. The Kier molecular flexibility index (Phi) is 7.36. The van der Waals surface area contributed by atoms with Crippen LogP contribution in [-0.4, -0.2) is 23.5 Å². The molecule has 0 unspecified atom stereocenters. The van der Waals surface area contributed by atoms with Gasteiger partial charge in [0.2, 0.25) is 5.91 Å². The van der Waals surface area contributed by atoms with Crippen molar-refractivity contribution in [3.63, 3.8) is 0 Å². The highest BCUT2D eigenvalue weighted by Gasteiger charge is 2.07. The van der Waals surface area contributed by atoms with Gasteiger partial charge in [0.05, 0.1) is 6.42 Å². The predicted octanol–water partition coefficient (Wildman–Crippen LogP) is 2.09. The van der Waals surface area contributed by atoms with Crippen molar-refractivity contribution in [2.45, 2.75) is 6.42 Å². The molecular formula is C17H16BrN3O3S. The lowest BCUT2D eigenvalue weighted by Gasteiger charge is -2.11. The van der Waals surface area contributed by atoms with Gasteiger partial charge in [-0.1, -0.05) is 46.3 Å². The molecule has 0 spiro atoms. The zero-order valence-electron chi connectivity index (χ0n) is 13.1. The fourth-order valence-corrected chi connectivity index (χ4v) is 2.25. The van der Waals surface area contributed by atoms with Crippen molar-refractivity contribution in [2.75, 3.05) is 6.61 Å². The molecule has 0 heterocycles. The lowest BCUT2D eigenvalue weighted by molar-refractivity contribution is -0.124. The second-order valence-corrected chi connectivity index (χ2v) is 6.28. The maximum absolute atomic E-state index is 11.8. The number of benzene rings is 2. The highest BCUT2D eigenvalue weighted by molar-refractivity contribution is 9.10. The Morgan fingerprint density at radius 3 is 2.32 bits per heavy atom. The van der Waals surface area contributed by atoms with E-state index in [-0.39, 0.29) is 24.0 Å². The van der Waals surface area contributed by atoms with Crippen molar-refractivity contribution >= 4 is 45.1 Å². The standard InChI is InChI=1S/C17H16BrN3O3S/c18-13-6-8-14(9-7-13)24-11-16(23)20-21-17(25)19-15(22)10-12-4-2-1-3-5-12/h1-9H,10-11H2,(H,20,23)(H2,19,21,22,25). The van der Waals surface area contributed by atoms with E-state index in [2.05, 4.69) is 32.1 Å². The van der Waals surface area contributed by atoms with Crippen molar-refractivity contribution in [3.05, 3.63) is 64.6 Å². The smallest absolute Gasteiger partial charge is 0.276 e. The Balaban J connectivity index is 1.66. The van der Waals surface area contributed by atoms with Crippen molar-refractivity contribution in [1.82, 2.24) is 16.2 Å². The molecule has 2 amide bonds. The highest BCUT2D eigenvalue weighted by Crippen LogP contribution is 2.15. The molecule has 0 saturated heterocycles. The zero-order chi connectivity index (χ0) is 18.1. The average Bonchev–Trinajstić information content (AvgIpc) is 2.60. The summed E-state index contributed by atoms with van der Waals surface area (Å²) in [7, 11) is 0. The maximum Gasteiger partial charge on any atom is 0.276 e. The Bertz CT molecular complexity index is 739. The second-order valence-electron chi connectivity index (χ2n) is 4.96. The predicted molar refractivity (Wildman–Crippen MR) is 102 cm³/mol. The Morgan fingerprint density at radius 1 is 0.960 bits per heavy atom. The number of rotatable bonds is 5. The average molecular weight is 422 g/mol. The summed E-state index contributed by atoms with van der Waals surface area (Å²) in [4.78, 5) is 23.5. The van der Waals surface area contributed by atoms with E-state index < -0.39 is 5.91 Å². The number of thiocarbonyl (C=S) groups is 1. The van der Waals surface area contributed by atoms with Crippen molar-refractivity contribution in [3.8, 4) is 5.75 Å². The Labute approximate surface area is 159 Å². The minimum absolute atomic E-state index is 0.0120. The number of ether oxygens (including phenoxy) is 1. The molecule has 25 heavy (non-hydrogen) atoms. The van der Waals surface area contributed by atoms with Gasteiger partial charge >= 0.3 is 0 Å². The number of amides is 2. The van der Waals surface area contributed by atoms with E-state index in [9.17, 15) is 9.59 Å². The van der Waals surface area contributed by atoms with Gasteiger partial charge in [0.1, 0.15) is 5.75 Å². The lowest BCUT2D eigenvalue weighted by Crippen LogP contribution is -2.49. The van der Waals surface area contributed by atoms with Crippen LogP contribution in [0.3, 0.4) is 0 Å². The number of nitrogens with one attached hydrogen (secondary N) is 3. The molecule has 2 aromatic carbocycles. The summed E-state index contributed by atoms with van der Waals surface area (Å²) in [6.07, 6.45) is 0.198. The minimum atomic E-state index is -0.428. The van der Waals surface area contributed by atoms with Gasteiger partial charge in [-0.3, -0.25) is 20.4 Å². The van der Waals surface area contributed by atoms with Crippen LogP contribution in [0.15, 0.2) is 59.1 Å². The van der Waals surface area contributed by atoms with Gasteiger partial charge in [-0.2, -0.15) is 0 Å². The molecule has 6 nitrogen and oxygen atoms in total. The van der Waals surface area contributed by atoms with Crippen LogP contribution in [0, 0.1) is 0 Å². The first-order valence-electron chi connectivity index (χ1n) is 7.34. The molecule has 8 heteroatoms. The van der Waals surface area contributed by atoms with Gasteiger partial charge in [-0.05, 0) is 42.0 Å². The molecule has 0 bridgehead atoms. The van der Waals surface area contributed by atoms with Crippen molar-refractivity contribution in [1.29, 1.82) is 0 Å². The molecule has 0 aliphatic carbocycles. The fourth-order valence-electron chi connectivity index (χ4n) is 1.83. The van der Waals surface area contributed by atoms with E-state index >= 15 is 0 Å². The fraction of sp³-hybridized carbons (Fsp3) is 0.118. The minimum Gasteiger partial charge on any atom is -0.484 e. The molecule has 2 aromatic rings. The SMILES string of the molecule is O=C(COc1ccc(Br)cc1)NNC(=S)NC(=O)Cc1ccccc1. The Hall–Kier alpha value is -2.45. The van der Waals surface area contributed by atoms with Crippen LogP contribution in [0.5, 0.6) is 5.75 Å². The number of hydrazine groups is 1. The summed E-state index contributed by atoms with van der Waals surface area (Å²) in [6, 6.07) is 16.4. The van der Waals surface area contributed by atoms with Crippen LogP contribution in [0.1, 0.15) is 5.56 Å². The number of carbonyl (C=O) groups excluding carboxylic acids is 2. The third-order valence-electron chi connectivity index (χ3n) is 2.96. The van der Waals surface area contributed by atoms with Gasteiger partial charge in [0.25, 0.3) is 5.91 Å². The Morgan fingerprint density at radius 2 is 1.64 bits per heavy atom. The normalized spacial score (nSPS) is 9.80. The van der Waals surface area contributed by atoms with Crippen molar-refractivity contribution in [2.24, 2.45) is 0 Å². The first kappa shape index (κ1) is 18.9. The highest BCUT2D eigenvalue weighted by atomic mass is 79.9. The van der Waals surface area contributed by atoms with Crippen LogP contribution in [0.25, 0.3) is 0 Å². The molecule has 0 aromatic heterocycles. The summed E-state index contributed by atoms with van der Waals surface area (Å²) in [5.41, 5.74) is 5.68. The summed E-state index contributed by atoms with van der Waals surface area (Å²) >= 11 is 8.27. The third-order valence-corrected chi connectivity index (χ3v) is 3.69. The molecule has 3 N–H and O–H groups in total. The van der Waals surface area contributed by atoms with Gasteiger partial charge in [0.15, 0.2) is 11.7 Å². The van der Waals surface area contributed by atoms with Gasteiger partial charge < -0.3 is 10.1 Å². The van der Waals surface area contributed by atoms with Crippen molar-refractivity contribution < 1.29 is 14.3 Å². The molecule has 0 fully saturated rings. The van der Waals surface area contributed by atoms with Gasteiger partial charge in [-0.15, -0.1) is 0 Å². The van der Waals surface area contributed by atoms with E-state index in [4.69, 9.17) is 17.0 Å². The molecule has 0 aliphatic rings. The van der Waals surface area contributed by atoms with Crippen LogP contribution >= 0.6 is 28.1 Å².